The lowest BCUT2D eigenvalue weighted by Crippen LogP contribution is -2.42. The smallest absolute Gasteiger partial charge is 0.355 e. The van der Waals surface area contributed by atoms with Gasteiger partial charge in [0.15, 0.2) is 0 Å². The minimum atomic E-state index is -5.69. The number of aliphatic hydroxyl groups excluding tert-OH is 1. The van der Waals surface area contributed by atoms with Crippen LogP contribution in [0, 0.1) is 0 Å². The van der Waals surface area contributed by atoms with Gasteiger partial charge in [0.2, 0.25) is 22.1 Å². The standard InChI is InChI=1S/2C4H15NO12P4.C4H11NO2/c2*1-2-5(3(18(6,7)8)19(9,10)11)4(20(12,13)14)21(15,16)17;5-1-3-7-4-2-6/h2*3-4H,2H2,1H3,(H2,6,7,8)(H2,9,10,11)(H2,12,13,14)(H2,15,16,17);6H,1-5H2. The zero-order valence-electron chi connectivity index (χ0n) is 24.9. The molecule has 0 aliphatic carbocycles. The summed E-state index contributed by atoms with van der Waals surface area (Å²) in [6.45, 7) is 1.74. The maximum atomic E-state index is 11.2. The van der Waals surface area contributed by atoms with Gasteiger partial charge < -0.3 is 93.9 Å². The molecule has 37 heteroatoms. The molecule has 49 heavy (non-hydrogen) atoms. The molecular weight excluding hydrogens is 850 g/mol. The Morgan fingerprint density at radius 1 is 0.449 bits per heavy atom. The Labute approximate surface area is 276 Å². The van der Waals surface area contributed by atoms with Gasteiger partial charge in [-0.3, -0.25) is 46.3 Å². The van der Waals surface area contributed by atoms with E-state index in [-0.39, 0.29) is 16.4 Å². The number of nitrogens with zero attached hydrogens (tertiary/aromatic N) is 2. The lowest BCUT2D eigenvalue weighted by Gasteiger charge is -2.37. The number of ether oxygens (including phenoxy) is 1. The summed E-state index contributed by atoms with van der Waals surface area (Å²) >= 11 is 0. The van der Waals surface area contributed by atoms with E-state index in [2.05, 4.69) is 0 Å². The molecule has 0 spiro atoms. The van der Waals surface area contributed by atoms with Gasteiger partial charge in [-0.1, -0.05) is 13.8 Å². The van der Waals surface area contributed by atoms with Crippen LogP contribution in [0.15, 0.2) is 0 Å². The second-order valence-corrected chi connectivity index (χ2v) is 23.9. The van der Waals surface area contributed by atoms with Crippen LogP contribution in [0.1, 0.15) is 13.8 Å². The van der Waals surface area contributed by atoms with E-state index in [1.54, 1.807) is 0 Å². The molecular formula is C12H41N3O26P8. The van der Waals surface area contributed by atoms with Crippen LogP contribution in [-0.2, 0) is 41.3 Å². The molecule has 0 aliphatic heterocycles. The van der Waals surface area contributed by atoms with Gasteiger partial charge in [-0.2, -0.15) is 0 Å². The van der Waals surface area contributed by atoms with Crippen molar-refractivity contribution in [3.63, 3.8) is 0 Å². The number of hydrogen-bond donors (Lipinski definition) is 18. The van der Waals surface area contributed by atoms with Crippen LogP contribution in [0.5, 0.6) is 0 Å². The molecule has 0 bridgehead atoms. The molecule has 300 valence electrons. The molecule has 0 atom stereocenters. The maximum absolute atomic E-state index is 11.2. The highest BCUT2D eigenvalue weighted by Crippen LogP contribution is 2.70. The summed E-state index contributed by atoms with van der Waals surface area (Å²) in [4.78, 5) is 143. The fraction of sp³-hybridized carbons (Fsp3) is 1.00. The van der Waals surface area contributed by atoms with E-state index in [1.165, 1.54) is 0 Å². The van der Waals surface area contributed by atoms with E-state index in [1.807, 2.05) is 0 Å². The highest BCUT2D eigenvalue weighted by Gasteiger charge is 2.59. The Hall–Kier alpha value is 1.000. The third kappa shape index (κ3) is 20.3. The van der Waals surface area contributed by atoms with Crippen LogP contribution in [0.4, 0.5) is 0 Å². The summed E-state index contributed by atoms with van der Waals surface area (Å²) in [7, 11) is -45.5. The molecule has 0 rings (SSSR count). The molecule has 0 aromatic carbocycles. The Morgan fingerprint density at radius 2 is 0.633 bits per heavy atom. The topological polar surface area (TPSA) is 522 Å². The van der Waals surface area contributed by atoms with E-state index in [4.69, 9.17) is 93.9 Å². The van der Waals surface area contributed by atoms with Crippen LogP contribution < -0.4 is 5.73 Å². The average molecular weight is 891 g/mol. The van der Waals surface area contributed by atoms with Gasteiger partial charge in [0, 0.05) is 6.54 Å². The summed E-state index contributed by atoms with van der Waals surface area (Å²) in [5.74, 6) is 0. The molecule has 0 saturated heterocycles. The summed E-state index contributed by atoms with van der Waals surface area (Å²) < 4.78 is 94.3. The van der Waals surface area contributed by atoms with Crippen molar-refractivity contribution in [1.82, 2.24) is 9.80 Å². The van der Waals surface area contributed by atoms with Crippen molar-refractivity contribution < 1.29 is 125 Å². The zero-order chi connectivity index (χ0) is 40.4. The second kappa shape index (κ2) is 20.6. The molecule has 0 aromatic heterocycles. The Bertz CT molecular complexity index is 1110. The molecule has 0 radical (unpaired) electrons. The molecule has 29 nitrogen and oxygen atoms in total. The minimum absolute atomic E-state index is 0.0833. The first-order chi connectivity index (χ1) is 21.3. The Morgan fingerprint density at radius 3 is 0.735 bits per heavy atom. The first-order valence-corrected chi connectivity index (χ1v) is 25.6. The quantitative estimate of drug-likeness (QED) is 0.0462. The number of nitrogens with two attached hydrogens (primary N) is 1. The van der Waals surface area contributed by atoms with Crippen molar-refractivity contribution in [2.75, 3.05) is 39.5 Å². The van der Waals surface area contributed by atoms with Crippen LogP contribution >= 0.6 is 60.8 Å². The van der Waals surface area contributed by atoms with Crippen molar-refractivity contribution in [3.8, 4) is 0 Å². The van der Waals surface area contributed by atoms with Gasteiger partial charge in [0.1, 0.15) is 0 Å². The van der Waals surface area contributed by atoms with Crippen LogP contribution in [0.3, 0.4) is 0 Å². The van der Waals surface area contributed by atoms with E-state index in [9.17, 15) is 36.5 Å². The SMILES string of the molecule is CCN(C(P(=O)(O)O)P(=O)(O)O)C(P(=O)(O)O)P(=O)(O)O.CCN(C(P(=O)(O)O)P(=O)(O)O)C(P(=O)(O)O)P(=O)(O)O.NCCOCCO. The van der Waals surface area contributed by atoms with E-state index >= 15 is 0 Å². The van der Waals surface area contributed by atoms with Crippen molar-refractivity contribution in [1.29, 1.82) is 0 Å². The third-order valence-electron chi connectivity index (χ3n) is 4.82. The van der Waals surface area contributed by atoms with Gasteiger partial charge in [-0.05, 0) is 13.1 Å². The van der Waals surface area contributed by atoms with Crippen molar-refractivity contribution in [2.45, 2.75) is 35.9 Å². The molecule has 0 saturated carbocycles. The summed E-state index contributed by atoms with van der Waals surface area (Å²) in [5.41, 5.74) is -7.33. The summed E-state index contributed by atoms with van der Waals surface area (Å²) in [5, 5.41) is 8.13. The summed E-state index contributed by atoms with van der Waals surface area (Å²) in [6.07, 6.45) is 0. The third-order valence-corrected chi connectivity index (χ3v) is 19.2. The van der Waals surface area contributed by atoms with Gasteiger partial charge in [0.25, 0.3) is 0 Å². The molecule has 0 aromatic rings. The molecule has 0 heterocycles. The van der Waals surface area contributed by atoms with Gasteiger partial charge in [-0.15, -0.1) is 0 Å². The largest absolute Gasteiger partial charge is 0.394 e. The van der Waals surface area contributed by atoms with E-state index in [0.717, 1.165) is 13.8 Å². The lowest BCUT2D eigenvalue weighted by molar-refractivity contribution is 0.0976. The monoisotopic (exact) mass is 891 g/mol. The second-order valence-electron chi connectivity index (χ2n) is 8.88. The van der Waals surface area contributed by atoms with Gasteiger partial charge >= 0.3 is 60.8 Å². The minimum Gasteiger partial charge on any atom is -0.394 e. The fourth-order valence-corrected chi connectivity index (χ4v) is 16.0. The Balaban J connectivity index is -0.000000723. The number of aliphatic hydroxyl groups is 1. The normalized spacial score (nSPS) is 14.4. The Kier molecular flexibility index (Phi) is 22.9. The van der Waals surface area contributed by atoms with Crippen molar-refractivity contribution in [3.05, 3.63) is 0 Å². The van der Waals surface area contributed by atoms with Crippen molar-refractivity contribution >= 4 is 60.8 Å². The average Bonchev–Trinajstić information content (AvgIpc) is 2.77. The van der Waals surface area contributed by atoms with E-state index in [0.29, 0.717) is 19.8 Å². The molecule has 0 amide bonds. The van der Waals surface area contributed by atoms with Crippen LogP contribution in [0.2, 0.25) is 0 Å². The van der Waals surface area contributed by atoms with Gasteiger partial charge in [-0.25, -0.2) is 0 Å². The van der Waals surface area contributed by atoms with E-state index < -0.39 is 96.0 Å². The van der Waals surface area contributed by atoms with Gasteiger partial charge in [0.05, 0.1) is 19.8 Å². The van der Waals surface area contributed by atoms with Crippen LogP contribution in [0.25, 0.3) is 0 Å². The molecule has 0 aliphatic rings. The number of rotatable bonds is 18. The number of hydrogen-bond acceptors (Lipinski definition) is 13. The van der Waals surface area contributed by atoms with Crippen LogP contribution in [-0.4, -0.2) is 155 Å². The lowest BCUT2D eigenvalue weighted by atomic mass is 10.7. The summed E-state index contributed by atoms with van der Waals surface area (Å²) in [6, 6.07) is 0. The first kappa shape index (κ1) is 54.3. The highest BCUT2D eigenvalue weighted by atomic mass is 31.3. The molecule has 0 fully saturated rings. The predicted molar refractivity (Wildman–Crippen MR) is 163 cm³/mol. The predicted octanol–water partition coefficient (Wildman–Crippen LogP) is -3.87. The molecule has 0 unspecified atom stereocenters. The van der Waals surface area contributed by atoms with Crippen molar-refractivity contribution in [2.24, 2.45) is 5.73 Å². The molecule has 19 N–H and O–H groups in total. The zero-order valence-corrected chi connectivity index (χ0v) is 32.0. The first-order valence-electron chi connectivity index (χ1n) is 12.1. The fourth-order valence-electron chi connectivity index (χ4n) is 3.47. The highest BCUT2D eigenvalue weighted by molar-refractivity contribution is 7.73. The maximum Gasteiger partial charge on any atom is 0.355 e.